The lowest BCUT2D eigenvalue weighted by Gasteiger charge is -2.17. The van der Waals surface area contributed by atoms with Gasteiger partial charge in [-0.2, -0.15) is 13.2 Å². The Kier molecular flexibility index (Phi) is 4.11. The lowest BCUT2D eigenvalue weighted by atomic mass is 9.88. The second-order valence-corrected chi connectivity index (χ2v) is 5.76. The minimum Gasteiger partial charge on any atom is -0.294 e. The van der Waals surface area contributed by atoms with Crippen molar-refractivity contribution in [2.24, 2.45) is 5.41 Å². The normalized spacial score (nSPS) is 12.6. The number of rotatable bonds is 2. The average molecular weight is 279 g/mol. The molecule has 0 amide bonds. The van der Waals surface area contributed by atoms with Gasteiger partial charge in [-0.3, -0.25) is 4.79 Å². The first-order chi connectivity index (χ1) is 8.00. The third-order valence-electron chi connectivity index (χ3n) is 2.29. The zero-order valence-corrected chi connectivity index (χ0v) is 11.1. The number of alkyl halides is 3. The number of carbonyl (C=O) groups excluding carboxylic acids is 1. The van der Waals surface area contributed by atoms with Crippen molar-refractivity contribution in [3.8, 4) is 0 Å². The van der Waals surface area contributed by atoms with Crippen molar-refractivity contribution in [2.75, 3.05) is 0 Å². The van der Waals surface area contributed by atoms with Gasteiger partial charge in [0.2, 0.25) is 0 Å². The van der Waals surface area contributed by atoms with Gasteiger partial charge in [0.15, 0.2) is 5.78 Å². The van der Waals surface area contributed by atoms with Crippen LogP contribution in [0.5, 0.6) is 0 Å². The predicted molar refractivity (Wildman–Crippen MR) is 64.9 cm³/mol. The van der Waals surface area contributed by atoms with Crippen molar-refractivity contribution < 1.29 is 18.0 Å². The summed E-state index contributed by atoms with van der Waals surface area (Å²) in [5, 5.41) is -0.442. The smallest absolute Gasteiger partial charge is 0.294 e. The molecule has 0 aliphatic rings. The number of carbonyl (C=O) groups is 1. The van der Waals surface area contributed by atoms with Crippen molar-refractivity contribution in [2.45, 2.75) is 33.4 Å². The van der Waals surface area contributed by atoms with Crippen LogP contribution in [-0.4, -0.2) is 5.78 Å². The highest BCUT2D eigenvalue weighted by Gasteiger charge is 2.33. The molecule has 1 aromatic carbocycles. The van der Waals surface area contributed by atoms with Crippen LogP contribution in [0.15, 0.2) is 18.2 Å². The molecule has 18 heavy (non-hydrogen) atoms. The Morgan fingerprint density at radius 3 is 2.17 bits per heavy atom. The molecule has 0 saturated heterocycles. The lowest BCUT2D eigenvalue weighted by Crippen LogP contribution is -2.14. The van der Waals surface area contributed by atoms with Gasteiger partial charge in [0.25, 0.3) is 0 Å². The molecule has 0 saturated carbocycles. The van der Waals surface area contributed by atoms with Gasteiger partial charge in [0.05, 0.1) is 10.6 Å². The summed E-state index contributed by atoms with van der Waals surface area (Å²) in [5.41, 5.74) is -0.925. The molecule has 0 heterocycles. The standard InChI is InChI=1S/C13H14ClF3O/c1-12(2,3)7-11(18)8-4-5-9(10(14)6-8)13(15,16)17/h4-6H,7H2,1-3H3. The number of hydrogen-bond donors (Lipinski definition) is 0. The fraction of sp³-hybridized carbons (Fsp3) is 0.462. The second-order valence-electron chi connectivity index (χ2n) is 5.35. The molecule has 0 aliphatic carbocycles. The van der Waals surface area contributed by atoms with E-state index in [1.807, 2.05) is 20.8 Å². The molecule has 0 N–H and O–H groups in total. The molecule has 0 aliphatic heterocycles. The summed E-state index contributed by atoms with van der Waals surface area (Å²) in [6.07, 6.45) is -4.24. The van der Waals surface area contributed by atoms with Crippen molar-refractivity contribution in [3.63, 3.8) is 0 Å². The Bertz CT molecular complexity index is 458. The van der Waals surface area contributed by atoms with Gasteiger partial charge in [0.1, 0.15) is 0 Å². The molecule has 5 heteroatoms. The van der Waals surface area contributed by atoms with Crippen LogP contribution in [0.25, 0.3) is 0 Å². The highest BCUT2D eigenvalue weighted by atomic mass is 35.5. The highest BCUT2D eigenvalue weighted by Crippen LogP contribution is 2.35. The van der Waals surface area contributed by atoms with E-state index in [1.165, 1.54) is 6.07 Å². The summed E-state index contributed by atoms with van der Waals surface area (Å²) in [6, 6.07) is 3.10. The maximum atomic E-state index is 12.5. The Morgan fingerprint density at radius 2 is 1.78 bits per heavy atom. The second kappa shape index (κ2) is 4.92. The van der Waals surface area contributed by atoms with Crippen molar-refractivity contribution in [1.82, 2.24) is 0 Å². The fourth-order valence-electron chi connectivity index (χ4n) is 1.50. The third-order valence-corrected chi connectivity index (χ3v) is 2.60. The number of hydrogen-bond acceptors (Lipinski definition) is 1. The molecule has 1 rings (SSSR count). The molecular formula is C13H14ClF3O. The van der Waals surface area contributed by atoms with Gasteiger partial charge in [-0.25, -0.2) is 0 Å². The van der Waals surface area contributed by atoms with Crippen LogP contribution in [0.2, 0.25) is 5.02 Å². The van der Waals surface area contributed by atoms with E-state index in [-0.39, 0.29) is 23.2 Å². The van der Waals surface area contributed by atoms with E-state index in [9.17, 15) is 18.0 Å². The van der Waals surface area contributed by atoms with Gasteiger partial charge in [-0.15, -0.1) is 0 Å². The first-order valence-electron chi connectivity index (χ1n) is 5.41. The van der Waals surface area contributed by atoms with Crippen LogP contribution in [0.1, 0.15) is 43.1 Å². The molecule has 1 aromatic rings. The summed E-state index contributed by atoms with van der Waals surface area (Å²) in [6.45, 7) is 5.66. The molecule has 0 spiro atoms. The van der Waals surface area contributed by atoms with E-state index in [0.29, 0.717) is 0 Å². The van der Waals surface area contributed by atoms with Crippen molar-refractivity contribution in [1.29, 1.82) is 0 Å². The van der Waals surface area contributed by atoms with Gasteiger partial charge in [-0.05, 0) is 17.5 Å². The zero-order chi connectivity index (χ0) is 14.1. The average Bonchev–Trinajstić information content (AvgIpc) is 2.12. The summed E-state index contributed by atoms with van der Waals surface area (Å²) in [7, 11) is 0. The Labute approximate surface area is 109 Å². The SMILES string of the molecule is CC(C)(C)CC(=O)c1ccc(C(F)(F)F)c(Cl)c1. The largest absolute Gasteiger partial charge is 0.417 e. The Hall–Kier alpha value is -1.03. The molecule has 0 unspecified atom stereocenters. The molecule has 0 atom stereocenters. The highest BCUT2D eigenvalue weighted by molar-refractivity contribution is 6.31. The predicted octanol–water partition coefficient (Wildman–Crippen LogP) is 4.98. The fourth-order valence-corrected chi connectivity index (χ4v) is 1.79. The van der Waals surface area contributed by atoms with E-state index >= 15 is 0 Å². The van der Waals surface area contributed by atoms with E-state index in [1.54, 1.807) is 0 Å². The molecule has 1 nitrogen and oxygen atoms in total. The molecule has 0 bridgehead atoms. The van der Waals surface area contributed by atoms with Crippen molar-refractivity contribution >= 4 is 17.4 Å². The molecule has 0 radical (unpaired) electrons. The molecular weight excluding hydrogens is 265 g/mol. The summed E-state index contributed by atoms with van der Waals surface area (Å²) >= 11 is 5.56. The molecule has 0 fully saturated rings. The first kappa shape index (κ1) is 15.0. The van der Waals surface area contributed by atoms with Crippen LogP contribution < -0.4 is 0 Å². The summed E-state index contributed by atoms with van der Waals surface area (Å²) < 4.78 is 37.4. The van der Waals surface area contributed by atoms with Crippen LogP contribution in [0.3, 0.4) is 0 Å². The Balaban J connectivity index is 3.02. The van der Waals surface area contributed by atoms with Crippen LogP contribution in [-0.2, 0) is 6.18 Å². The lowest BCUT2D eigenvalue weighted by molar-refractivity contribution is -0.137. The van der Waals surface area contributed by atoms with Crippen LogP contribution in [0, 0.1) is 5.41 Å². The van der Waals surface area contributed by atoms with E-state index < -0.39 is 16.8 Å². The van der Waals surface area contributed by atoms with E-state index in [2.05, 4.69) is 0 Å². The monoisotopic (exact) mass is 278 g/mol. The molecule has 100 valence electrons. The number of ketones is 1. The number of benzene rings is 1. The summed E-state index contributed by atoms with van der Waals surface area (Å²) in [4.78, 5) is 11.8. The topological polar surface area (TPSA) is 17.1 Å². The minimum absolute atomic E-state index is 0.210. The zero-order valence-electron chi connectivity index (χ0n) is 10.4. The van der Waals surface area contributed by atoms with Gasteiger partial charge >= 0.3 is 6.18 Å². The number of halogens is 4. The summed E-state index contributed by atoms with van der Waals surface area (Å²) in [5.74, 6) is -0.210. The third kappa shape index (κ3) is 4.02. The van der Waals surface area contributed by atoms with E-state index in [0.717, 1.165) is 12.1 Å². The first-order valence-corrected chi connectivity index (χ1v) is 5.78. The van der Waals surface area contributed by atoms with Gasteiger partial charge in [-0.1, -0.05) is 38.4 Å². The van der Waals surface area contributed by atoms with Gasteiger partial charge in [0, 0.05) is 12.0 Å². The quantitative estimate of drug-likeness (QED) is 0.698. The van der Waals surface area contributed by atoms with Gasteiger partial charge < -0.3 is 0 Å². The molecule has 0 aromatic heterocycles. The van der Waals surface area contributed by atoms with Crippen molar-refractivity contribution in [3.05, 3.63) is 34.3 Å². The van der Waals surface area contributed by atoms with Crippen LogP contribution in [0.4, 0.5) is 13.2 Å². The maximum Gasteiger partial charge on any atom is 0.417 e. The van der Waals surface area contributed by atoms with Crippen LogP contribution >= 0.6 is 11.6 Å². The maximum absolute atomic E-state index is 12.5. The Morgan fingerprint density at radius 1 is 1.22 bits per heavy atom. The number of Topliss-reactive ketones (excluding diaryl/α,β-unsaturated/α-hetero) is 1. The van der Waals surface area contributed by atoms with E-state index in [4.69, 9.17) is 11.6 Å². The minimum atomic E-state index is -4.50.